The van der Waals surface area contributed by atoms with Gasteiger partial charge in [-0.1, -0.05) is 0 Å². The maximum absolute atomic E-state index is 12.0. The molecule has 0 unspecified atom stereocenters. The second-order valence-corrected chi connectivity index (χ2v) is 3.62. The number of hydrogen-bond donors (Lipinski definition) is 1. The summed E-state index contributed by atoms with van der Waals surface area (Å²) in [4.78, 5) is 12.0. The van der Waals surface area contributed by atoms with Crippen LogP contribution < -0.4 is 4.74 Å². The van der Waals surface area contributed by atoms with Crippen molar-refractivity contribution in [2.45, 2.75) is 6.61 Å². The van der Waals surface area contributed by atoms with E-state index in [9.17, 15) is 4.79 Å². The minimum Gasteiger partial charge on any atom is -0.497 e. The number of aromatic nitrogens is 1. The molecule has 0 aliphatic rings. The lowest BCUT2D eigenvalue weighted by atomic mass is 10.2. The Labute approximate surface area is 99.1 Å². The van der Waals surface area contributed by atoms with Crippen LogP contribution in [-0.2, 0) is 6.61 Å². The average Bonchev–Trinajstić information content (AvgIpc) is 2.87. The molecule has 4 heteroatoms. The first-order chi connectivity index (χ1) is 8.24. The summed E-state index contributed by atoms with van der Waals surface area (Å²) in [7, 11) is 1.58. The molecule has 0 amide bonds. The molecule has 0 saturated heterocycles. The largest absolute Gasteiger partial charge is 0.497 e. The van der Waals surface area contributed by atoms with E-state index in [1.807, 2.05) is 0 Å². The number of benzene rings is 1. The molecule has 0 spiro atoms. The molecule has 0 radical (unpaired) electrons. The summed E-state index contributed by atoms with van der Waals surface area (Å²) in [5.74, 6) is 0.581. The fraction of sp³-hybridized carbons (Fsp3) is 0.154. The zero-order valence-corrected chi connectivity index (χ0v) is 9.46. The van der Waals surface area contributed by atoms with Gasteiger partial charge in [0.1, 0.15) is 5.75 Å². The molecule has 0 saturated carbocycles. The van der Waals surface area contributed by atoms with Gasteiger partial charge in [-0.3, -0.25) is 9.36 Å². The number of carbonyl (C=O) groups is 1. The lowest BCUT2D eigenvalue weighted by Crippen LogP contribution is -2.09. The molecule has 0 bridgehead atoms. The Morgan fingerprint density at radius 2 is 2.00 bits per heavy atom. The van der Waals surface area contributed by atoms with Crippen molar-refractivity contribution in [3.8, 4) is 5.75 Å². The molecule has 1 heterocycles. The van der Waals surface area contributed by atoms with Crippen LogP contribution in [0.15, 0.2) is 42.7 Å². The number of methoxy groups -OCH3 is 1. The number of nitrogens with zero attached hydrogens (tertiary/aromatic N) is 1. The molecular formula is C13H13NO3. The lowest BCUT2D eigenvalue weighted by molar-refractivity contribution is 0.0960. The van der Waals surface area contributed by atoms with Gasteiger partial charge in [0.2, 0.25) is 0 Å². The Bertz CT molecular complexity index is 514. The summed E-state index contributed by atoms with van der Waals surface area (Å²) in [6, 6.07) is 8.61. The van der Waals surface area contributed by atoms with Crippen LogP contribution in [0.4, 0.5) is 0 Å². The van der Waals surface area contributed by atoms with Crippen LogP contribution in [0.1, 0.15) is 15.9 Å². The topological polar surface area (TPSA) is 51.5 Å². The van der Waals surface area contributed by atoms with Crippen LogP contribution in [0, 0.1) is 0 Å². The van der Waals surface area contributed by atoms with Gasteiger partial charge in [-0.15, -0.1) is 0 Å². The first kappa shape index (κ1) is 11.4. The number of hydrogen-bond acceptors (Lipinski definition) is 3. The highest BCUT2D eigenvalue weighted by molar-refractivity contribution is 5.96. The number of aliphatic hydroxyl groups is 1. The zero-order chi connectivity index (χ0) is 12.3. The Kier molecular flexibility index (Phi) is 3.25. The highest BCUT2D eigenvalue weighted by Gasteiger charge is 2.08. The summed E-state index contributed by atoms with van der Waals surface area (Å²) < 4.78 is 6.48. The maximum atomic E-state index is 12.0. The summed E-state index contributed by atoms with van der Waals surface area (Å²) in [5, 5.41) is 8.93. The third-order valence-electron chi connectivity index (χ3n) is 2.51. The van der Waals surface area contributed by atoms with E-state index in [-0.39, 0.29) is 12.5 Å². The zero-order valence-electron chi connectivity index (χ0n) is 9.46. The van der Waals surface area contributed by atoms with Crippen molar-refractivity contribution in [3.63, 3.8) is 0 Å². The monoisotopic (exact) mass is 231 g/mol. The van der Waals surface area contributed by atoms with Crippen LogP contribution in [-0.4, -0.2) is 22.7 Å². The predicted octanol–water partition coefficient (Wildman–Crippen LogP) is 1.68. The van der Waals surface area contributed by atoms with E-state index in [2.05, 4.69) is 0 Å². The van der Waals surface area contributed by atoms with Gasteiger partial charge in [0.15, 0.2) is 0 Å². The molecule has 0 atom stereocenters. The van der Waals surface area contributed by atoms with Crippen LogP contribution in [0.2, 0.25) is 0 Å². The molecule has 17 heavy (non-hydrogen) atoms. The second-order valence-electron chi connectivity index (χ2n) is 3.62. The SMILES string of the molecule is COc1ccc(C(=O)n2ccc(CO)c2)cc1. The fourth-order valence-electron chi connectivity index (χ4n) is 1.54. The van der Waals surface area contributed by atoms with Crippen molar-refractivity contribution in [2.24, 2.45) is 0 Å². The minimum absolute atomic E-state index is 0.0666. The molecule has 2 aromatic rings. The molecule has 1 aromatic carbocycles. The van der Waals surface area contributed by atoms with Crippen LogP contribution in [0.25, 0.3) is 0 Å². The third-order valence-corrected chi connectivity index (χ3v) is 2.51. The molecule has 2 rings (SSSR count). The van der Waals surface area contributed by atoms with Crippen molar-refractivity contribution in [3.05, 3.63) is 53.9 Å². The van der Waals surface area contributed by atoms with E-state index in [0.717, 1.165) is 0 Å². The first-order valence-corrected chi connectivity index (χ1v) is 5.21. The highest BCUT2D eigenvalue weighted by atomic mass is 16.5. The van der Waals surface area contributed by atoms with Crippen LogP contribution >= 0.6 is 0 Å². The minimum atomic E-state index is -0.132. The summed E-state index contributed by atoms with van der Waals surface area (Å²) in [5.41, 5.74) is 1.29. The van der Waals surface area contributed by atoms with E-state index in [4.69, 9.17) is 9.84 Å². The molecule has 0 aliphatic heterocycles. The Hall–Kier alpha value is -2.07. The van der Waals surface area contributed by atoms with Gasteiger partial charge in [0.25, 0.3) is 5.91 Å². The van der Waals surface area contributed by atoms with Crippen LogP contribution in [0.3, 0.4) is 0 Å². The molecule has 1 aromatic heterocycles. The number of ether oxygens (including phenoxy) is 1. The normalized spacial score (nSPS) is 10.2. The molecule has 88 valence electrons. The third kappa shape index (κ3) is 2.37. The predicted molar refractivity (Wildman–Crippen MR) is 63.1 cm³/mol. The van der Waals surface area contributed by atoms with E-state index in [1.165, 1.54) is 4.57 Å². The van der Waals surface area contributed by atoms with Crippen molar-refractivity contribution >= 4 is 5.91 Å². The Balaban J connectivity index is 2.23. The summed E-state index contributed by atoms with van der Waals surface area (Å²) >= 11 is 0. The molecule has 0 aliphatic carbocycles. The lowest BCUT2D eigenvalue weighted by Gasteiger charge is -2.03. The number of aliphatic hydroxyl groups excluding tert-OH is 1. The van der Waals surface area contributed by atoms with Gasteiger partial charge >= 0.3 is 0 Å². The maximum Gasteiger partial charge on any atom is 0.261 e. The summed E-state index contributed by atoms with van der Waals surface area (Å²) in [6.07, 6.45) is 3.25. The molecule has 4 nitrogen and oxygen atoms in total. The second kappa shape index (κ2) is 4.84. The first-order valence-electron chi connectivity index (χ1n) is 5.21. The van der Waals surface area contributed by atoms with E-state index in [1.54, 1.807) is 49.8 Å². The standard InChI is InChI=1S/C13H13NO3/c1-17-12-4-2-11(3-5-12)13(16)14-7-6-10(8-14)9-15/h2-8,15H,9H2,1H3. The van der Waals surface area contributed by atoms with E-state index < -0.39 is 0 Å². The smallest absolute Gasteiger partial charge is 0.261 e. The Morgan fingerprint density at radius 3 is 2.53 bits per heavy atom. The van der Waals surface area contributed by atoms with Crippen LogP contribution in [0.5, 0.6) is 5.75 Å². The molecule has 1 N–H and O–H groups in total. The fourth-order valence-corrected chi connectivity index (χ4v) is 1.54. The van der Waals surface area contributed by atoms with Gasteiger partial charge in [-0.05, 0) is 35.9 Å². The van der Waals surface area contributed by atoms with Gasteiger partial charge in [0, 0.05) is 18.0 Å². The highest BCUT2D eigenvalue weighted by Crippen LogP contribution is 2.13. The van der Waals surface area contributed by atoms with Crippen molar-refractivity contribution in [1.29, 1.82) is 0 Å². The van der Waals surface area contributed by atoms with Crippen molar-refractivity contribution in [1.82, 2.24) is 4.57 Å². The van der Waals surface area contributed by atoms with E-state index >= 15 is 0 Å². The van der Waals surface area contributed by atoms with Gasteiger partial charge in [0.05, 0.1) is 13.7 Å². The van der Waals surface area contributed by atoms with Crippen molar-refractivity contribution in [2.75, 3.05) is 7.11 Å². The molecular weight excluding hydrogens is 218 g/mol. The van der Waals surface area contributed by atoms with E-state index in [0.29, 0.717) is 16.9 Å². The van der Waals surface area contributed by atoms with Gasteiger partial charge in [-0.2, -0.15) is 0 Å². The summed E-state index contributed by atoms with van der Waals surface area (Å²) in [6.45, 7) is -0.0666. The Morgan fingerprint density at radius 1 is 1.29 bits per heavy atom. The number of rotatable bonds is 3. The van der Waals surface area contributed by atoms with Gasteiger partial charge in [-0.25, -0.2) is 0 Å². The van der Waals surface area contributed by atoms with Gasteiger partial charge < -0.3 is 9.84 Å². The number of carbonyl (C=O) groups excluding carboxylic acids is 1. The van der Waals surface area contributed by atoms with Crippen molar-refractivity contribution < 1.29 is 14.6 Å². The molecule has 0 fully saturated rings. The average molecular weight is 231 g/mol. The quantitative estimate of drug-likeness (QED) is 0.874.